The number of aromatic nitrogens is 3. The smallest absolute Gasteiger partial charge is 0.0947 e. The minimum Gasteiger partial charge on any atom is -0.308 e. The largest absolute Gasteiger partial charge is 0.308 e. The summed E-state index contributed by atoms with van der Waals surface area (Å²) in [5.74, 6) is 0. The Hall–Kier alpha value is -1.20. The van der Waals surface area contributed by atoms with Gasteiger partial charge < -0.3 is 5.32 Å². The Kier molecular flexibility index (Phi) is 4.49. The predicted molar refractivity (Wildman–Crippen MR) is 74.8 cm³/mol. The lowest BCUT2D eigenvalue weighted by molar-refractivity contribution is 0.492. The summed E-state index contributed by atoms with van der Waals surface area (Å²) in [6.45, 7) is 5.24. The zero-order valence-corrected chi connectivity index (χ0v) is 12.0. The molecule has 1 N–H and O–H groups in total. The maximum absolute atomic E-state index is 4.55. The number of thiazole rings is 1. The molecule has 0 spiro atoms. The predicted octanol–water partition coefficient (Wildman–Crippen LogP) is 2.47. The Morgan fingerprint density at radius 2 is 2.33 bits per heavy atom. The standard InChI is InChI=1S/C13H20N4S/c1-4-6-14-11(12-5-7-15-17(12)3)8-13-16-10(2)9-18-13/h5,7,9,11,14H,4,6,8H2,1-3H3. The minimum atomic E-state index is 0.294. The van der Waals surface area contributed by atoms with Crippen LogP contribution >= 0.6 is 11.3 Å². The van der Waals surface area contributed by atoms with E-state index in [1.54, 1.807) is 11.3 Å². The van der Waals surface area contributed by atoms with Crippen LogP contribution < -0.4 is 5.32 Å². The van der Waals surface area contributed by atoms with E-state index in [1.165, 1.54) is 10.7 Å². The second-order valence-electron chi connectivity index (χ2n) is 4.47. The van der Waals surface area contributed by atoms with Gasteiger partial charge in [0.05, 0.1) is 16.7 Å². The third-order valence-corrected chi connectivity index (χ3v) is 3.89. The van der Waals surface area contributed by atoms with E-state index in [1.807, 2.05) is 24.9 Å². The molecule has 0 aliphatic carbocycles. The molecular weight excluding hydrogens is 244 g/mol. The van der Waals surface area contributed by atoms with E-state index in [2.05, 4.69) is 33.8 Å². The number of nitrogens with zero attached hydrogens (tertiary/aromatic N) is 3. The molecule has 0 radical (unpaired) electrons. The average Bonchev–Trinajstić information content (AvgIpc) is 2.93. The van der Waals surface area contributed by atoms with Crippen molar-refractivity contribution in [3.8, 4) is 0 Å². The molecule has 4 nitrogen and oxygen atoms in total. The second kappa shape index (κ2) is 6.11. The SMILES string of the molecule is CCCNC(Cc1nc(C)cs1)c1ccnn1C. The maximum Gasteiger partial charge on any atom is 0.0947 e. The first-order chi connectivity index (χ1) is 8.70. The van der Waals surface area contributed by atoms with Gasteiger partial charge >= 0.3 is 0 Å². The van der Waals surface area contributed by atoms with Gasteiger partial charge in [-0.2, -0.15) is 5.10 Å². The number of aryl methyl sites for hydroxylation is 2. The fraction of sp³-hybridized carbons (Fsp3) is 0.538. The van der Waals surface area contributed by atoms with Gasteiger partial charge in [-0.1, -0.05) is 6.92 Å². The number of nitrogens with one attached hydrogen (secondary N) is 1. The van der Waals surface area contributed by atoms with Crippen LogP contribution in [0.2, 0.25) is 0 Å². The third-order valence-electron chi connectivity index (χ3n) is 2.90. The highest BCUT2D eigenvalue weighted by Crippen LogP contribution is 2.20. The number of hydrogen-bond acceptors (Lipinski definition) is 4. The van der Waals surface area contributed by atoms with Crippen LogP contribution in [0.4, 0.5) is 0 Å². The summed E-state index contributed by atoms with van der Waals surface area (Å²) < 4.78 is 1.94. The molecule has 98 valence electrons. The van der Waals surface area contributed by atoms with Crippen LogP contribution in [-0.4, -0.2) is 21.3 Å². The van der Waals surface area contributed by atoms with Gasteiger partial charge in [0.25, 0.3) is 0 Å². The van der Waals surface area contributed by atoms with Crippen molar-refractivity contribution in [1.29, 1.82) is 0 Å². The molecule has 0 amide bonds. The van der Waals surface area contributed by atoms with Crippen LogP contribution in [-0.2, 0) is 13.5 Å². The summed E-state index contributed by atoms with van der Waals surface area (Å²) in [5, 5.41) is 11.1. The lowest BCUT2D eigenvalue weighted by atomic mass is 10.1. The highest BCUT2D eigenvalue weighted by Gasteiger charge is 2.16. The monoisotopic (exact) mass is 264 g/mol. The first-order valence-electron chi connectivity index (χ1n) is 6.33. The van der Waals surface area contributed by atoms with Crippen LogP contribution in [0.1, 0.15) is 35.8 Å². The number of rotatable bonds is 6. The molecule has 18 heavy (non-hydrogen) atoms. The Morgan fingerprint density at radius 3 is 2.89 bits per heavy atom. The van der Waals surface area contributed by atoms with E-state index in [-0.39, 0.29) is 0 Å². The molecular formula is C13H20N4S. The first-order valence-corrected chi connectivity index (χ1v) is 7.21. The van der Waals surface area contributed by atoms with E-state index < -0.39 is 0 Å². The van der Waals surface area contributed by atoms with Gasteiger partial charge in [-0.3, -0.25) is 4.68 Å². The van der Waals surface area contributed by atoms with E-state index in [0.717, 1.165) is 25.1 Å². The molecule has 5 heteroatoms. The summed E-state index contributed by atoms with van der Waals surface area (Å²) in [4.78, 5) is 4.55. The van der Waals surface area contributed by atoms with Crippen molar-refractivity contribution in [2.24, 2.45) is 7.05 Å². The molecule has 0 saturated carbocycles. The van der Waals surface area contributed by atoms with Crippen LogP contribution in [0.5, 0.6) is 0 Å². The summed E-state index contributed by atoms with van der Waals surface area (Å²) >= 11 is 1.73. The zero-order valence-electron chi connectivity index (χ0n) is 11.2. The molecule has 1 atom stereocenters. The zero-order chi connectivity index (χ0) is 13.0. The highest BCUT2D eigenvalue weighted by atomic mass is 32.1. The molecule has 1 unspecified atom stereocenters. The Morgan fingerprint density at radius 1 is 1.50 bits per heavy atom. The molecule has 2 rings (SSSR count). The normalized spacial score (nSPS) is 12.8. The van der Waals surface area contributed by atoms with Gasteiger partial charge in [-0.25, -0.2) is 4.98 Å². The molecule has 0 saturated heterocycles. The number of hydrogen-bond donors (Lipinski definition) is 1. The average molecular weight is 264 g/mol. The van der Waals surface area contributed by atoms with E-state index in [9.17, 15) is 0 Å². The third kappa shape index (κ3) is 3.17. The van der Waals surface area contributed by atoms with Crippen molar-refractivity contribution in [1.82, 2.24) is 20.1 Å². The molecule has 2 aromatic rings. The molecule has 0 fully saturated rings. The quantitative estimate of drug-likeness (QED) is 0.871. The maximum atomic E-state index is 4.55. The molecule has 0 aromatic carbocycles. The van der Waals surface area contributed by atoms with Gasteiger partial charge in [0.1, 0.15) is 0 Å². The van der Waals surface area contributed by atoms with Crippen LogP contribution in [0.15, 0.2) is 17.6 Å². The van der Waals surface area contributed by atoms with Gasteiger partial charge in [0, 0.05) is 30.7 Å². The highest BCUT2D eigenvalue weighted by molar-refractivity contribution is 7.09. The van der Waals surface area contributed by atoms with Gasteiger partial charge in [0.15, 0.2) is 0 Å². The van der Waals surface area contributed by atoms with Crippen molar-refractivity contribution >= 4 is 11.3 Å². The fourth-order valence-corrected chi connectivity index (χ4v) is 2.82. The lowest BCUT2D eigenvalue weighted by Crippen LogP contribution is -2.26. The van der Waals surface area contributed by atoms with Crippen molar-refractivity contribution in [3.63, 3.8) is 0 Å². The van der Waals surface area contributed by atoms with Gasteiger partial charge in [-0.15, -0.1) is 11.3 Å². The molecule has 0 aliphatic heterocycles. The summed E-state index contributed by atoms with van der Waals surface area (Å²) in [7, 11) is 1.99. The van der Waals surface area contributed by atoms with Crippen LogP contribution in [0.25, 0.3) is 0 Å². The van der Waals surface area contributed by atoms with E-state index in [0.29, 0.717) is 6.04 Å². The van der Waals surface area contributed by atoms with Gasteiger partial charge in [-0.05, 0) is 26.0 Å². The fourth-order valence-electron chi connectivity index (χ4n) is 2.00. The van der Waals surface area contributed by atoms with Crippen molar-refractivity contribution < 1.29 is 0 Å². The van der Waals surface area contributed by atoms with Crippen LogP contribution in [0.3, 0.4) is 0 Å². The van der Waals surface area contributed by atoms with Gasteiger partial charge in [0.2, 0.25) is 0 Å². The van der Waals surface area contributed by atoms with Crippen molar-refractivity contribution in [3.05, 3.63) is 34.0 Å². The summed E-state index contributed by atoms with van der Waals surface area (Å²) in [6, 6.07) is 2.37. The molecule has 2 heterocycles. The molecule has 0 bridgehead atoms. The second-order valence-corrected chi connectivity index (χ2v) is 5.42. The summed E-state index contributed by atoms with van der Waals surface area (Å²) in [5.41, 5.74) is 2.32. The topological polar surface area (TPSA) is 42.7 Å². The van der Waals surface area contributed by atoms with Crippen LogP contribution in [0, 0.1) is 6.92 Å². The Balaban J connectivity index is 2.12. The van der Waals surface area contributed by atoms with E-state index >= 15 is 0 Å². The Bertz CT molecular complexity index is 489. The molecule has 2 aromatic heterocycles. The summed E-state index contributed by atoms with van der Waals surface area (Å²) in [6.07, 6.45) is 3.91. The lowest BCUT2D eigenvalue weighted by Gasteiger charge is -2.17. The Labute approximate surface area is 112 Å². The first kappa shape index (κ1) is 13.2. The minimum absolute atomic E-state index is 0.294. The van der Waals surface area contributed by atoms with E-state index in [4.69, 9.17) is 0 Å². The van der Waals surface area contributed by atoms with Crippen molar-refractivity contribution in [2.75, 3.05) is 6.54 Å². The molecule has 0 aliphatic rings. The van der Waals surface area contributed by atoms with Crippen molar-refractivity contribution in [2.45, 2.75) is 32.7 Å².